The number of hydrogen-bond acceptors (Lipinski definition) is 3. The van der Waals surface area contributed by atoms with E-state index in [-0.39, 0.29) is 0 Å². The zero-order chi connectivity index (χ0) is 8.91. The third kappa shape index (κ3) is 7.78. The number of hydrogen-bond donors (Lipinski definition) is 2. The van der Waals surface area contributed by atoms with Crippen molar-refractivity contribution in [3.05, 3.63) is 0 Å². The molecule has 0 aliphatic heterocycles. The van der Waals surface area contributed by atoms with E-state index in [0.717, 1.165) is 19.5 Å². The van der Waals surface area contributed by atoms with Gasteiger partial charge in [-0.2, -0.15) is 0 Å². The van der Waals surface area contributed by atoms with Gasteiger partial charge in [0.05, 0.1) is 5.60 Å². The Bertz CT molecular complexity index is 98.8. The Balaban J connectivity index is 3.38. The second-order valence-electron chi connectivity index (χ2n) is 3.65. The van der Waals surface area contributed by atoms with Crippen LogP contribution in [0.5, 0.6) is 0 Å². The van der Waals surface area contributed by atoms with Gasteiger partial charge >= 0.3 is 0 Å². The van der Waals surface area contributed by atoms with Gasteiger partial charge in [-0.1, -0.05) is 0 Å². The summed E-state index contributed by atoms with van der Waals surface area (Å²) < 4.78 is 0. The minimum atomic E-state index is -0.553. The minimum Gasteiger partial charge on any atom is -0.390 e. The number of likely N-dealkylation sites (N-methyl/N-ethyl adjacent to an activating group) is 1. The highest BCUT2D eigenvalue weighted by Gasteiger charge is 2.12. The molecule has 0 fully saturated rings. The molecule has 0 heterocycles. The van der Waals surface area contributed by atoms with Crippen LogP contribution in [0.4, 0.5) is 0 Å². The van der Waals surface area contributed by atoms with E-state index in [4.69, 9.17) is 5.73 Å². The fourth-order valence-electron chi connectivity index (χ4n) is 0.797. The Kier molecular flexibility index (Phi) is 4.65. The average Bonchev–Trinajstić information content (AvgIpc) is 1.83. The van der Waals surface area contributed by atoms with Crippen molar-refractivity contribution in [1.82, 2.24) is 4.90 Å². The van der Waals surface area contributed by atoms with E-state index < -0.39 is 5.60 Å². The van der Waals surface area contributed by atoms with Crippen LogP contribution in [0.25, 0.3) is 0 Å². The van der Waals surface area contributed by atoms with Crippen LogP contribution in [0.15, 0.2) is 0 Å². The third-order valence-corrected chi connectivity index (χ3v) is 1.62. The number of rotatable bonds is 5. The summed E-state index contributed by atoms with van der Waals surface area (Å²) in [6, 6.07) is 0. The van der Waals surface area contributed by atoms with Gasteiger partial charge in [0.15, 0.2) is 0 Å². The summed E-state index contributed by atoms with van der Waals surface area (Å²) >= 11 is 0. The van der Waals surface area contributed by atoms with Gasteiger partial charge in [-0.25, -0.2) is 0 Å². The first-order chi connectivity index (χ1) is 4.95. The van der Waals surface area contributed by atoms with Crippen LogP contribution >= 0.6 is 0 Å². The first kappa shape index (κ1) is 10.9. The van der Waals surface area contributed by atoms with Crippen LogP contribution in [0.2, 0.25) is 0 Å². The molecule has 0 aromatic carbocycles. The van der Waals surface area contributed by atoms with Gasteiger partial charge in [-0.05, 0) is 27.3 Å². The van der Waals surface area contributed by atoms with Crippen molar-refractivity contribution in [1.29, 1.82) is 0 Å². The number of nitrogens with two attached hydrogens (primary N) is 1. The van der Waals surface area contributed by atoms with Crippen LogP contribution in [0.3, 0.4) is 0 Å². The quantitative estimate of drug-likeness (QED) is 0.597. The van der Waals surface area contributed by atoms with E-state index in [1.807, 2.05) is 20.9 Å². The SMILES string of the molecule is CN(CCN)CCC(C)(C)O. The molecule has 0 aromatic rings. The van der Waals surface area contributed by atoms with Crippen molar-refractivity contribution < 1.29 is 5.11 Å². The molecule has 0 aromatic heterocycles. The first-order valence-corrected chi connectivity index (χ1v) is 4.07. The molecule has 0 saturated heterocycles. The van der Waals surface area contributed by atoms with Gasteiger partial charge in [-0.3, -0.25) is 0 Å². The largest absolute Gasteiger partial charge is 0.390 e. The standard InChI is InChI=1S/C8H20N2O/c1-8(2,11)4-6-10(3)7-5-9/h11H,4-7,9H2,1-3H3. The molecule has 68 valence electrons. The molecular formula is C8H20N2O. The predicted molar refractivity (Wildman–Crippen MR) is 47.5 cm³/mol. The molecule has 0 amide bonds. The van der Waals surface area contributed by atoms with Gasteiger partial charge in [0.2, 0.25) is 0 Å². The van der Waals surface area contributed by atoms with Gasteiger partial charge < -0.3 is 15.7 Å². The Hall–Kier alpha value is -0.120. The molecule has 3 N–H and O–H groups in total. The van der Waals surface area contributed by atoms with E-state index >= 15 is 0 Å². The van der Waals surface area contributed by atoms with Gasteiger partial charge in [-0.15, -0.1) is 0 Å². The van der Waals surface area contributed by atoms with Crippen molar-refractivity contribution in [3.8, 4) is 0 Å². The van der Waals surface area contributed by atoms with Crippen molar-refractivity contribution >= 4 is 0 Å². The van der Waals surface area contributed by atoms with Gasteiger partial charge in [0.25, 0.3) is 0 Å². The molecule has 3 nitrogen and oxygen atoms in total. The summed E-state index contributed by atoms with van der Waals surface area (Å²) in [5.74, 6) is 0. The van der Waals surface area contributed by atoms with Crippen molar-refractivity contribution in [2.24, 2.45) is 5.73 Å². The molecule has 0 radical (unpaired) electrons. The zero-order valence-electron chi connectivity index (χ0n) is 7.80. The lowest BCUT2D eigenvalue weighted by molar-refractivity contribution is 0.0610. The fourth-order valence-corrected chi connectivity index (χ4v) is 0.797. The Morgan fingerprint density at radius 1 is 1.36 bits per heavy atom. The van der Waals surface area contributed by atoms with Gasteiger partial charge in [0.1, 0.15) is 0 Å². The molecular weight excluding hydrogens is 140 g/mol. The Morgan fingerprint density at radius 3 is 2.27 bits per heavy atom. The lowest BCUT2D eigenvalue weighted by Gasteiger charge is -2.21. The van der Waals surface area contributed by atoms with Crippen LogP contribution in [-0.2, 0) is 0 Å². The summed E-state index contributed by atoms with van der Waals surface area (Å²) in [5, 5.41) is 9.38. The normalized spacial score (nSPS) is 12.5. The maximum absolute atomic E-state index is 9.38. The molecule has 0 rings (SSSR count). The fraction of sp³-hybridized carbons (Fsp3) is 1.00. The first-order valence-electron chi connectivity index (χ1n) is 4.07. The average molecular weight is 160 g/mol. The molecule has 0 saturated carbocycles. The summed E-state index contributed by atoms with van der Waals surface area (Å²) in [5.41, 5.74) is 4.81. The molecule has 3 heteroatoms. The molecule has 0 unspecified atom stereocenters. The maximum Gasteiger partial charge on any atom is 0.0603 e. The van der Waals surface area contributed by atoms with Crippen LogP contribution < -0.4 is 5.73 Å². The summed E-state index contributed by atoms with van der Waals surface area (Å²) in [7, 11) is 2.01. The van der Waals surface area contributed by atoms with E-state index in [1.54, 1.807) is 0 Å². The summed E-state index contributed by atoms with van der Waals surface area (Å²) in [4.78, 5) is 2.12. The number of aliphatic hydroxyl groups is 1. The highest BCUT2D eigenvalue weighted by atomic mass is 16.3. The predicted octanol–water partition coefficient (Wildman–Crippen LogP) is 0.0379. The molecule has 0 aliphatic rings. The molecule has 0 spiro atoms. The second kappa shape index (κ2) is 4.70. The molecule has 11 heavy (non-hydrogen) atoms. The zero-order valence-corrected chi connectivity index (χ0v) is 7.80. The highest BCUT2D eigenvalue weighted by Crippen LogP contribution is 2.06. The van der Waals surface area contributed by atoms with Crippen LogP contribution in [0.1, 0.15) is 20.3 Å². The Morgan fingerprint density at radius 2 is 1.91 bits per heavy atom. The smallest absolute Gasteiger partial charge is 0.0603 e. The van der Waals surface area contributed by atoms with E-state index in [0.29, 0.717) is 6.54 Å². The van der Waals surface area contributed by atoms with Crippen molar-refractivity contribution in [2.75, 3.05) is 26.7 Å². The maximum atomic E-state index is 9.38. The summed E-state index contributed by atoms with van der Waals surface area (Å²) in [6.07, 6.45) is 0.795. The molecule has 0 bridgehead atoms. The molecule has 0 aliphatic carbocycles. The van der Waals surface area contributed by atoms with Gasteiger partial charge in [0, 0.05) is 19.6 Å². The van der Waals surface area contributed by atoms with Crippen LogP contribution in [0, 0.1) is 0 Å². The third-order valence-electron chi connectivity index (χ3n) is 1.62. The van der Waals surface area contributed by atoms with Crippen molar-refractivity contribution in [3.63, 3.8) is 0 Å². The molecule has 0 atom stereocenters. The van der Waals surface area contributed by atoms with Crippen molar-refractivity contribution in [2.45, 2.75) is 25.9 Å². The Labute approximate surface area is 69.2 Å². The van der Waals surface area contributed by atoms with Crippen LogP contribution in [-0.4, -0.2) is 42.3 Å². The minimum absolute atomic E-state index is 0.553. The lowest BCUT2D eigenvalue weighted by Crippen LogP contribution is -2.31. The van der Waals surface area contributed by atoms with E-state index in [9.17, 15) is 5.11 Å². The monoisotopic (exact) mass is 160 g/mol. The number of nitrogens with zero attached hydrogens (tertiary/aromatic N) is 1. The van der Waals surface area contributed by atoms with E-state index in [1.165, 1.54) is 0 Å². The lowest BCUT2D eigenvalue weighted by atomic mass is 10.1. The summed E-state index contributed by atoms with van der Waals surface area (Å²) in [6.45, 7) is 6.13. The van der Waals surface area contributed by atoms with E-state index in [2.05, 4.69) is 4.90 Å². The topological polar surface area (TPSA) is 49.5 Å². The second-order valence-corrected chi connectivity index (χ2v) is 3.65. The highest BCUT2D eigenvalue weighted by molar-refractivity contribution is 4.67.